The molecule has 0 aliphatic heterocycles. The highest BCUT2D eigenvalue weighted by Gasteiger charge is 2.19. The summed E-state index contributed by atoms with van der Waals surface area (Å²) in [6, 6.07) is 4.05. The van der Waals surface area contributed by atoms with Gasteiger partial charge in [-0.05, 0) is 34.9 Å². The molecule has 0 saturated heterocycles. The zero-order valence-electron chi connectivity index (χ0n) is 16.5. The van der Waals surface area contributed by atoms with E-state index in [2.05, 4.69) is 56.8 Å². The van der Waals surface area contributed by atoms with Crippen LogP contribution in [0.5, 0.6) is 5.75 Å². The summed E-state index contributed by atoms with van der Waals surface area (Å²) < 4.78 is 1.79. The zero-order valence-corrected chi connectivity index (χ0v) is 16.5. The molecule has 5 nitrogen and oxygen atoms in total. The van der Waals surface area contributed by atoms with Crippen LogP contribution < -0.4 is 0 Å². The average Bonchev–Trinajstić information content (AvgIpc) is 2.87. The van der Waals surface area contributed by atoms with Crippen LogP contribution in [0.3, 0.4) is 0 Å². The number of aromatic nitrogens is 3. The van der Waals surface area contributed by atoms with Crippen molar-refractivity contribution in [3.63, 3.8) is 0 Å². The van der Waals surface area contributed by atoms with E-state index in [-0.39, 0.29) is 16.6 Å². The van der Waals surface area contributed by atoms with Crippen LogP contribution in [0, 0.1) is 5.41 Å². The lowest BCUT2D eigenvalue weighted by molar-refractivity contribution is 0.406. The molecule has 2 rings (SSSR count). The molecule has 1 heterocycles. The Balaban J connectivity index is 2.37. The molecule has 2 aromatic rings. The molecule has 1 aromatic heterocycles. The summed E-state index contributed by atoms with van der Waals surface area (Å²) in [5, 5.41) is 19.1. The van der Waals surface area contributed by atoms with E-state index in [4.69, 9.17) is 0 Å². The molecule has 0 saturated carbocycles. The largest absolute Gasteiger partial charge is 0.507 e. The van der Waals surface area contributed by atoms with Crippen molar-refractivity contribution in [3.8, 4) is 5.75 Å². The Bertz CT molecular complexity index is 761. The maximum Gasteiger partial charge on any atom is 0.129 e. The normalized spacial score (nSPS) is 12.9. The first kappa shape index (κ1) is 19.2. The van der Waals surface area contributed by atoms with E-state index < -0.39 is 0 Å². The molecule has 5 heteroatoms. The third-order valence-electron chi connectivity index (χ3n) is 3.98. The van der Waals surface area contributed by atoms with Gasteiger partial charge in [-0.2, -0.15) is 0 Å². The molecule has 1 N–H and O–H groups in total. The third kappa shape index (κ3) is 5.15. The third-order valence-corrected chi connectivity index (χ3v) is 3.98. The number of phenolic OH excluding ortho intramolecular Hbond substituents is 1. The Morgan fingerprint density at radius 2 is 1.84 bits per heavy atom. The summed E-state index contributed by atoms with van der Waals surface area (Å²) in [5.74, 6) is 0.256. The molecule has 0 radical (unpaired) electrons. The zero-order chi connectivity index (χ0) is 18.8. The molecule has 0 unspecified atom stereocenters. The van der Waals surface area contributed by atoms with Gasteiger partial charge in [-0.1, -0.05) is 46.8 Å². The lowest BCUT2D eigenvalue weighted by atomic mass is 9.84. The van der Waals surface area contributed by atoms with Crippen LogP contribution >= 0.6 is 0 Å². The lowest BCUT2D eigenvalue weighted by Crippen LogP contribution is -2.13. The van der Waals surface area contributed by atoms with Crippen LogP contribution in [0.15, 0.2) is 23.3 Å². The first-order valence-corrected chi connectivity index (χ1v) is 8.67. The minimum Gasteiger partial charge on any atom is -0.507 e. The number of phenols is 1. The molecule has 0 aliphatic carbocycles. The SMILES string of the molecule is C/N=C/c1cc(C(C)(C)C)cc(Cn2cc(CC(C)(C)C)nn2)c1O. The van der Waals surface area contributed by atoms with Crippen molar-refractivity contribution < 1.29 is 5.11 Å². The number of aromatic hydroxyl groups is 1. The average molecular weight is 342 g/mol. The topological polar surface area (TPSA) is 63.3 Å². The Hall–Kier alpha value is -2.17. The Morgan fingerprint density at radius 1 is 1.16 bits per heavy atom. The van der Waals surface area contributed by atoms with Gasteiger partial charge in [0.2, 0.25) is 0 Å². The van der Waals surface area contributed by atoms with Crippen LogP contribution in [-0.2, 0) is 18.4 Å². The van der Waals surface area contributed by atoms with Crippen LogP contribution in [-0.4, -0.2) is 33.4 Å². The number of hydrogen-bond donors (Lipinski definition) is 1. The number of nitrogens with zero attached hydrogens (tertiary/aromatic N) is 4. The summed E-state index contributed by atoms with van der Waals surface area (Å²) in [6.45, 7) is 13.5. The summed E-state index contributed by atoms with van der Waals surface area (Å²) >= 11 is 0. The summed E-state index contributed by atoms with van der Waals surface area (Å²) in [5.41, 5.74) is 3.84. The number of aliphatic imine (C=N–C) groups is 1. The molecule has 0 atom stereocenters. The van der Waals surface area contributed by atoms with E-state index in [9.17, 15) is 5.11 Å². The molecule has 1 aromatic carbocycles. The van der Waals surface area contributed by atoms with Gasteiger partial charge in [0.25, 0.3) is 0 Å². The molecule has 136 valence electrons. The second-order valence-electron chi connectivity index (χ2n) is 8.86. The molecular weight excluding hydrogens is 312 g/mol. The minimum absolute atomic E-state index is 0.0153. The Labute approximate surface area is 150 Å². The maximum absolute atomic E-state index is 10.6. The maximum atomic E-state index is 10.6. The van der Waals surface area contributed by atoms with E-state index in [0.29, 0.717) is 6.54 Å². The standard InChI is InChI=1S/C20H30N4O/c1-19(2,3)10-17-13-24(23-22-17)12-15-9-16(20(4,5)6)8-14(11-21-7)18(15)25/h8-9,11,13,25H,10,12H2,1-7H3/b21-11+. The molecule has 0 fully saturated rings. The monoisotopic (exact) mass is 342 g/mol. The van der Waals surface area contributed by atoms with Gasteiger partial charge in [0.1, 0.15) is 5.75 Å². The number of rotatable bonds is 4. The molecule has 0 aliphatic rings. The highest BCUT2D eigenvalue weighted by atomic mass is 16.3. The van der Waals surface area contributed by atoms with Gasteiger partial charge in [0.05, 0.1) is 12.2 Å². The Morgan fingerprint density at radius 3 is 2.40 bits per heavy atom. The van der Waals surface area contributed by atoms with E-state index in [1.807, 2.05) is 18.3 Å². The van der Waals surface area contributed by atoms with Crippen LogP contribution in [0.1, 0.15) is 63.9 Å². The van der Waals surface area contributed by atoms with Crippen LogP contribution in [0.4, 0.5) is 0 Å². The predicted octanol–water partition coefficient (Wildman–Crippen LogP) is 3.97. The van der Waals surface area contributed by atoms with Gasteiger partial charge in [0.15, 0.2) is 0 Å². The van der Waals surface area contributed by atoms with Crippen LogP contribution in [0.2, 0.25) is 0 Å². The molecule has 25 heavy (non-hydrogen) atoms. The van der Waals surface area contributed by atoms with Crippen molar-refractivity contribution in [3.05, 3.63) is 40.7 Å². The second kappa shape index (κ2) is 6.98. The van der Waals surface area contributed by atoms with Crippen molar-refractivity contribution >= 4 is 6.21 Å². The van der Waals surface area contributed by atoms with E-state index in [1.165, 1.54) is 0 Å². The predicted molar refractivity (Wildman–Crippen MR) is 103 cm³/mol. The summed E-state index contributed by atoms with van der Waals surface area (Å²) in [4.78, 5) is 4.06. The van der Waals surface area contributed by atoms with Gasteiger partial charge in [-0.3, -0.25) is 4.99 Å². The second-order valence-corrected chi connectivity index (χ2v) is 8.86. The van der Waals surface area contributed by atoms with Gasteiger partial charge in [-0.25, -0.2) is 4.68 Å². The van der Waals surface area contributed by atoms with Crippen molar-refractivity contribution in [1.82, 2.24) is 15.0 Å². The molecule has 0 bridgehead atoms. The summed E-state index contributed by atoms with van der Waals surface area (Å²) in [7, 11) is 1.71. The quantitative estimate of drug-likeness (QED) is 0.855. The molecule has 0 amide bonds. The van der Waals surface area contributed by atoms with Gasteiger partial charge in [0, 0.05) is 30.6 Å². The van der Waals surface area contributed by atoms with Crippen LogP contribution in [0.25, 0.3) is 0 Å². The fourth-order valence-electron chi connectivity index (χ4n) is 2.72. The van der Waals surface area contributed by atoms with Gasteiger partial charge in [-0.15, -0.1) is 5.10 Å². The highest BCUT2D eigenvalue weighted by molar-refractivity contribution is 5.84. The summed E-state index contributed by atoms with van der Waals surface area (Å²) in [6.07, 6.45) is 4.53. The van der Waals surface area contributed by atoms with Crippen molar-refractivity contribution in [2.45, 2.75) is 59.9 Å². The number of hydrogen-bond acceptors (Lipinski definition) is 4. The number of benzene rings is 1. The smallest absolute Gasteiger partial charge is 0.129 e. The highest BCUT2D eigenvalue weighted by Crippen LogP contribution is 2.31. The fourth-order valence-corrected chi connectivity index (χ4v) is 2.72. The first-order chi connectivity index (χ1) is 11.5. The minimum atomic E-state index is -0.0153. The van der Waals surface area contributed by atoms with Crippen molar-refractivity contribution in [2.75, 3.05) is 7.05 Å². The van der Waals surface area contributed by atoms with Crippen molar-refractivity contribution in [1.29, 1.82) is 0 Å². The molecule has 0 spiro atoms. The lowest BCUT2D eigenvalue weighted by Gasteiger charge is -2.21. The van der Waals surface area contributed by atoms with E-state index >= 15 is 0 Å². The Kier molecular flexibility index (Phi) is 5.35. The molecular formula is C20H30N4O. The van der Waals surface area contributed by atoms with Gasteiger partial charge < -0.3 is 5.11 Å². The van der Waals surface area contributed by atoms with E-state index in [1.54, 1.807) is 17.9 Å². The van der Waals surface area contributed by atoms with Crippen molar-refractivity contribution in [2.24, 2.45) is 10.4 Å². The fraction of sp³-hybridized carbons (Fsp3) is 0.550. The first-order valence-electron chi connectivity index (χ1n) is 8.67. The van der Waals surface area contributed by atoms with Gasteiger partial charge >= 0.3 is 0 Å². The van der Waals surface area contributed by atoms with E-state index in [0.717, 1.165) is 28.8 Å².